The van der Waals surface area contributed by atoms with Crippen molar-refractivity contribution in [2.45, 2.75) is 51.1 Å². The van der Waals surface area contributed by atoms with Crippen LogP contribution < -0.4 is 15.4 Å². The van der Waals surface area contributed by atoms with Crippen LogP contribution >= 0.6 is 0 Å². The predicted molar refractivity (Wildman–Crippen MR) is 137 cm³/mol. The van der Waals surface area contributed by atoms with Crippen molar-refractivity contribution < 1.29 is 41.0 Å². The van der Waals surface area contributed by atoms with Crippen LogP contribution in [0.4, 0.5) is 32.4 Å². The van der Waals surface area contributed by atoms with Crippen LogP contribution in [0.15, 0.2) is 30.6 Å². The second-order valence-electron chi connectivity index (χ2n) is 10.4. The van der Waals surface area contributed by atoms with E-state index in [-0.39, 0.29) is 24.1 Å². The largest absolute Gasteiger partial charge is 0.450 e. The summed E-state index contributed by atoms with van der Waals surface area (Å²) in [7, 11) is -1.41. The molecule has 0 saturated carbocycles. The summed E-state index contributed by atoms with van der Waals surface area (Å²) < 4.78 is 88.9. The molecule has 2 amide bonds. The molecule has 1 aliphatic rings. The SMILES string of the molecule is C[Si](C)(C)CCOCn1cc(C(F)(F)F)c2c(Oc3c(F)cc(NC(=O)N[C@@H]4CCOC4)cc3F)ccnc21. The minimum absolute atomic E-state index is 0.112. The summed E-state index contributed by atoms with van der Waals surface area (Å²) in [5.74, 6) is -3.81. The number of amides is 2. The number of alkyl halides is 3. The van der Waals surface area contributed by atoms with E-state index in [1.807, 2.05) is 0 Å². The molecule has 0 bridgehead atoms. The van der Waals surface area contributed by atoms with Crippen molar-refractivity contribution in [1.29, 1.82) is 0 Å². The van der Waals surface area contributed by atoms with Gasteiger partial charge in [0.05, 0.1) is 23.6 Å². The summed E-state index contributed by atoms with van der Waals surface area (Å²) in [5, 5.41) is 4.48. The van der Waals surface area contributed by atoms with E-state index >= 15 is 0 Å². The van der Waals surface area contributed by atoms with E-state index in [1.54, 1.807) is 0 Å². The van der Waals surface area contributed by atoms with Crippen LogP contribution in [0.5, 0.6) is 11.5 Å². The maximum atomic E-state index is 14.9. The van der Waals surface area contributed by atoms with Crippen molar-refractivity contribution >= 4 is 30.8 Å². The number of anilines is 1. The molecule has 1 aliphatic heterocycles. The van der Waals surface area contributed by atoms with E-state index < -0.39 is 54.4 Å². The highest BCUT2D eigenvalue weighted by atomic mass is 28.3. The minimum Gasteiger partial charge on any atom is -0.450 e. The Labute approximate surface area is 222 Å². The normalized spacial score (nSPS) is 16.1. The summed E-state index contributed by atoms with van der Waals surface area (Å²) in [4.78, 5) is 16.2. The van der Waals surface area contributed by atoms with Gasteiger partial charge < -0.3 is 29.4 Å². The Morgan fingerprint density at radius 3 is 2.56 bits per heavy atom. The molecule has 0 radical (unpaired) electrons. The molecule has 212 valence electrons. The van der Waals surface area contributed by atoms with E-state index in [1.165, 1.54) is 10.8 Å². The molecule has 0 unspecified atom stereocenters. The Morgan fingerprint density at radius 1 is 1.23 bits per heavy atom. The molecule has 39 heavy (non-hydrogen) atoms. The third kappa shape index (κ3) is 7.25. The van der Waals surface area contributed by atoms with Crippen molar-refractivity contribution in [3.05, 3.63) is 47.8 Å². The minimum atomic E-state index is -4.80. The molecule has 4 rings (SSSR count). The molecule has 1 aromatic carbocycles. The third-order valence-corrected chi connectivity index (χ3v) is 7.69. The van der Waals surface area contributed by atoms with E-state index in [0.717, 1.165) is 30.4 Å². The molecule has 1 fully saturated rings. The second-order valence-corrected chi connectivity index (χ2v) is 16.0. The predicted octanol–water partition coefficient (Wildman–Crippen LogP) is 6.35. The van der Waals surface area contributed by atoms with Gasteiger partial charge in [-0.25, -0.2) is 18.6 Å². The summed E-state index contributed by atoms with van der Waals surface area (Å²) >= 11 is 0. The molecule has 1 saturated heterocycles. The van der Waals surface area contributed by atoms with Gasteiger partial charge in [-0.05, 0) is 18.5 Å². The summed E-state index contributed by atoms with van der Waals surface area (Å²) in [6.07, 6.45) is -2.17. The first-order valence-corrected chi connectivity index (χ1v) is 16.0. The van der Waals surface area contributed by atoms with Gasteiger partial charge in [-0.3, -0.25) is 0 Å². The molecular formula is C25H29F5N4O4Si. The van der Waals surface area contributed by atoms with Gasteiger partial charge in [0, 0.05) is 51.5 Å². The number of ether oxygens (including phenoxy) is 3. The standard InChI is InChI=1S/C25H29F5N4O4Si/c1-39(2,3)9-8-37-14-34-12-17(25(28,29)30)21-20(4-6-31-23(21)34)38-22-18(26)10-16(11-19(22)27)33-24(35)32-15-5-7-36-13-15/h4,6,10-12,15H,5,7-9,13-14H2,1-3H3,(H2,32,33,35)/t15-/m1/s1. The first kappa shape index (κ1) is 28.8. The highest BCUT2D eigenvalue weighted by Crippen LogP contribution is 2.42. The smallest absolute Gasteiger partial charge is 0.418 e. The average molecular weight is 573 g/mol. The molecule has 14 heteroatoms. The highest BCUT2D eigenvalue weighted by Gasteiger charge is 2.37. The molecular weight excluding hydrogens is 543 g/mol. The van der Waals surface area contributed by atoms with Crippen molar-refractivity contribution in [2.24, 2.45) is 0 Å². The van der Waals surface area contributed by atoms with Gasteiger partial charge >= 0.3 is 12.2 Å². The monoisotopic (exact) mass is 572 g/mol. The molecule has 2 N–H and O–H groups in total. The number of hydrogen-bond donors (Lipinski definition) is 2. The van der Waals surface area contributed by atoms with Gasteiger partial charge in [0.2, 0.25) is 0 Å². The van der Waals surface area contributed by atoms with E-state index in [9.17, 15) is 26.7 Å². The molecule has 3 heterocycles. The highest BCUT2D eigenvalue weighted by molar-refractivity contribution is 6.76. The topological polar surface area (TPSA) is 86.6 Å². The number of benzene rings is 1. The Bertz CT molecular complexity index is 1310. The Kier molecular flexibility index (Phi) is 8.47. The maximum Gasteiger partial charge on any atom is 0.418 e. The number of halogens is 5. The van der Waals surface area contributed by atoms with E-state index in [0.29, 0.717) is 26.2 Å². The lowest BCUT2D eigenvalue weighted by Gasteiger charge is -2.15. The lowest BCUT2D eigenvalue weighted by Crippen LogP contribution is -2.38. The van der Waals surface area contributed by atoms with Crippen LogP contribution in [0, 0.1) is 11.6 Å². The zero-order valence-electron chi connectivity index (χ0n) is 21.6. The van der Waals surface area contributed by atoms with Crippen molar-refractivity contribution in [1.82, 2.24) is 14.9 Å². The van der Waals surface area contributed by atoms with Crippen molar-refractivity contribution in [2.75, 3.05) is 25.1 Å². The van der Waals surface area contributed by atoms with E-state index in [2.05, 4.69) is 35.3 Å². The zero-order chi connectivity index (χ0) is 28.4. The quantitative estimate of drug-likeness (QED) is 0.177. The van der Waals surface area contributed by atoms with Gasteiger partial charge in [-0.1, -0.05) is 19.6 Å². The maximum absolute atomic E-state index is 14.9. The van der Waals surface area contributed by atoms with Crippen LogP contribution in [-0.4, -0.2) is 49.5 Å². The number of rotatable bonds is 9. The molecule has 2 aromatic heterocycles. The number of urea groups is 1. The Hall–Kier alpha value is -3.23. The molecule has 1 atom stereocenters. The number of aromatic nitrogens is 2. The Balaban J connectivity index is 1.58. The van der Waals surface area contributed by atoms with Gasteiger partial charge in [0.15, 0.2) is 17.4 Å². The van der Waals surface area contributed by atoms with Crippen LogP contribution in [0.2, 0.25) is 25.7 Å². The fraction of sp³-hybridized carbons (Fsp3) is 0.440. The van der Waals surface area contributed by atoms with Crippen LogP contribution in [0.3, 0.4) is 0 Å². The first-order valence-electron chi connectivity index (χ1n) is 12.3. The zero-order valence-corrected chi connectivity index (χ0v) is 22.6. The van der Waals surface area contributed by atoms with Crippen molar-refractivity contribution in [3.63, 3.8) is 0 Å². The number of nitrogens with one attached hydrogen (secondary N) is 2. The molecule has 0 aliphatic carbocycles. The molecule has 3 aromatic rings. The summed E-state index contributed by atoms with van der Waals surface area (Å²) in [6.45, 7) is 7.45. The lowest BCUT2D eigenvalue weighted by molar-refractivity contribution is -0.136. The number of nitrogens with zero attached hydrogens (tertiary/aromatic N) is 2. The van der Waals surface area contributed by atoms with Crippen molar-refractivity contribution in [3.8, 4) is 11.5 Å². The molecule has 8 nitrogen and oxygen atoms in total. The Morgan fingerprint density at radius 2 is 1.95 bits per heavy atom. The number of fused-ring (bicyclic) bond motifs is 1. The summed E-state index contributed by atoms with van der Waals surface area (Å²) in [6, 6.07) is 2.62. The second kappa shape index (κ2) is 11.5. The van der Waals surface area contributed by atoms with Crippen LogP contribution in [0.1, 0.15) is 12.0 Å². The lowest BCUT2D eigenvalue weighted by atomic mass is 10.2. The van der Waals surface area contributed by atoms with Gasteiger partial charge in [-0.15, -0.1) is 0 Å². The average Bonchev–Trinajstić information content (AvgIpc) is 3.46. The fourth-order valence-electron chi connectivity index (χ4n) is 3.97. The molecule has 0 spiro atoms. The van der Waals surface area contributed by atoms with Crippen LogP contribution in [0.25, 0.3) is 11.0 Å². The van der Waals surface area contributed by atoms with Gasteiger partial charge in [0.25, 0.3) is 0 Å². The number of pyridine rings is 1. The number of carbonyl (C=O) groups is 1. The third-order valence-electron chi connectivity index (χ3n) is 5.98. The van der Waals surface area contributed by atoms with Gasteiger partial charge in [-0.2, -0.15) is 13.2 Å². The number of hydrogen-bond acceptors (Lipinski definition) is 5. The van der Waals surface area contributed by atoms with Gasteiger partial charge in [0.1, 0.15) is 18.1 Å². The van der Waals surface area contributed by atoms with Crippen LogP contribution in [-0.2, 0) is 22.4 Å². The first-order chi connectivity index (χ1) is 18.3. The summed E-state index contributed by atoms with van der Waals surface area (Å²) in [5.41, 5.74) is -1.40. The van der Waals surface area contributed by atoms with E-state index in [4.69, 9.17) is 14.2 Å². The number of carbonyl (C=O) groups excluding carboxylic acids is 1. The fourth-order valence-corrected chi connectivity index (χ4v) is 4.72.